The minimum absolute atomic E-state index is 0.0521. The molecule has 0 aromatic carbocycles. The number of carbonyl (C=O) groups is 2. The number of amides is 2. The van der Waals surface area contributed by atoms with Gasteiger partial charge in [0.25, 0.3) is 11.8 Å². The van der Waals surface area contributed by atoms with E-state index in [1.807, 2.05) is 40.1 Å². The first-order valence-electron chi connectivity index (χ1n) is 8.65. The SMILES string of the molecule is CCC(C)NC(=O)c1nc(C(=O)NCCCN(C)C)n2ccccc12. The van der Waals surface area contributed by atoms with Gasteiger partial charge in [-0.3, -0.25) is 14.0 Å². The molecule has 0 saturated carbocycles. The van der Waals surface area contributed by atoms with Crippen LogP contribution in [0.4, 0.5) is 0 Å². The highest BCUT2D eigenvalue weighted by atomic mass is 16.2. The average Bonchev–Trinajstić information content (AvgIpc) is 2.98. The lowest BCUT2D eigenvalue weighted by atomic mass is 10.2. The highest BCUT2D eigenvalue weighted by Gasteiger charge is 2.21. The highest BCUT2D eigenvalue weighted by molar-refractivity contribution is 6.02. The minimum atomic E-state index is -0.275. The van der Waals surface area contributed by atoms with Crippen LogP contribution in [0.2, 0.25) is 0 Å². The van der Waals surface area contributed by atoms with Crippen LogP contribution in [0.1, 0.15) is 47.8 Å². The van der Waals surface area contributed by atoms with E-state index < -0.39 is 0 Å². The van der Waals surface area contributed by atoms with Crippen LogP contribution in [0.5, 0.6) is 0 Å². The second-order valence-corrected chi connectivity index (χ2v) is 6.44. The summed E-state index contributed by atoms with van der Waals surface area (Å²) in [5, 5.41) is 5.77. The molecule has 0 bridgehead atoms. The molecule has 2 rings (SSSR count). The topological polar surface area (TPSA) is 78.7 Å². The van der Waals surface area contributed by atoms with Crippen molar-refractivity contribution in [3.63, 3.8) is 0 Å². The normalized spacial score (nSPS) is 12.4. The van der Waals surface area contributed by atoms with Crippen LogP contribution in [0.3, 0.4) is 0 Å². The van der Waals surface area contributed by atoms with Crippen molar-refractivity contribution in [2.75, 3.05) is 27.2 Å². The Morgan fingerprint density at radius 2 is 2.04 bits per heavy atom. The van der Waals surface area contributed by atoms with Crippen LogP contribution >= 0.6 is 0 Å². The van der Waals surface area contributed by atoms with E-state index in [9.17, 15) is 9.59 Å². The summed E-state index contributed by atoms with van der Waals surface area (Å²) in [6.07, 6.45) is 3.43. The van der Waals surface area contributed by atoms with Crippen LogP contribution in [-0.4, -0.2) is 59.3 Å². The third-order valence-corrected chi connectivity index (χ3v) is 4.02. The molecule has 2 N–H and O–H groups in total. The number of hydrogen-bond acceptors (Lipinski definition) is 4. The molecule has 7 nitrogen and oxygen atoms in total. The van der Waals surface area contributed by atoms with Crippen molar-refractivity contribution in [1.29, 1.82) is 0 Å². The molecule has 25 heavy (non-hydrogen) atoms. The van der Waals surface area contributed by atoms with Gasteiger partial charge in [-0.2, -0.15) is 0 Å². The lowest BCUT2D eigenvalue weighted by molar-refractivity contribution is 0.0936. The van der Waals surface area contributed by atoms with Crippen LogP contribution < -0.4 is 10.6 Å². The first-order valence-corrected chi connectivity index (χ1v) is 8.65. The maximum Gasteiger partial charge on any atom is 0.287 e. The molecule has 0 saturated heterocycles. The number of pyridine rings is 1. The standard InChI is InChI=1S/C18H27N5O2/c1-5-13(2)20-17(24)15-14-9-6-7-12-23(14)16(21-15)18(25)19-10-8-11-22(3)4/h6-7,9,12-13H,5,8,10-11H2,1-4H3,(H,19,25)(H,20,24). The van der Waals surface area contributed by atoms with Crippen molar-refractivity contribution in [1.82, 2.24) is 24.9 Å². The Balaban J connectivity index is 2.20. The first-order chi connectivity index (χ1) is 11.9. The van der Waals surface area contributed by atoms with Crippen LogP contribution in [0.25, 0.3) is 5.52 Å². The molecule has 2 amide bonds. The summed E-state index contributed by atoms with van der Waals surface area (Å²) in [4.78, 5) is 31.3. The predicted octanol–water partition coefficient (Wildman–Crippen LogP) is 1.54. The number of carbonyl (C=O) groups excluding carboxylic acids is 2. The van der Waals surface area contributed by atoms with Crippen molar-refractivity contribution in [2.45, 2.75) is 32.7 Å². The Labute approximate surface area is 148 Å². The van der Waals surface area contributed by atoms with E-state index in [1.54, 1.807) is 16.7 Å². The Morgan fingerprint density at radius 3 is 2.72 bits per heavy atom. The van der Waals surface area contributed by atoms with Gasteiger partial charge in [-0.1, -0.05) is 13.0 Å². The molecule has 136 valence electrons. The number of nitrogens with zero attached hydrogens (tertiary/aromatic N) is 3. The third kappa shape index (κ3) is 4.79. The highest BCUT2D eigenvalue weighted by Crippen LogP contribution is 2.13. The summed E-state index contributed by atoms with van der Waals surface area (Å²) in [5.74, 6) is -0.304. The van der Waals surface area contributed by atoms with Crippen molar-refractivity contribution < 1.29 is 9.59 Å². The molecule has 7 heteroatoms. The van der Waals surface area contributed by atoms with E-state index in [1.165, 1.54) is 0 Å². The molecular formula is C18H27N5O2. The number of imidazole rings is 1. The van der Waals surface area contributed by atoms with Gasteiger partial charge in [0.15, 0.2) is 5.69 Å². The van der Waals surface area contributed by atoms with Crippen LogP contribution in [-0.2, 0) is 0 Å². The molecule has 0 aliphatic rings. The Bertz CT molecular complexity index is 738. The number of nitrogens with one attached hydrogen (secondary N) is 2. The van der Waals surface area contributed by atoms with Crippen molar-refractivity contribution >= 4 is 17.3 Å². The molecular weight excluding hydrogens is 318 g/mol. The Kier molecular flexibility index (Phi) is 6.52. The van der Waals surface area contributed by atoms with Crippen LogP contribution in [0.15, 0.2) is 24.4 Å². The lowest BCUT2D eigenvalue weighted by Gasteiger charge is -2.09. The van der Waals surface area contributed by atoms with Crippen LogP contribution in [0, 0.1) is 0 Å². The number of aromatic nitrogens is 2. The van der Waals surface area contributed by atoms with Gasteiger partial charge >= 0.3 is 0 Å². The van der Waals surface area contributed by atoms with E-state index in [0.717, 1.165) is 19.4 Å². The summed E-state index contributed by atoms with van der Waals surface area (Å²) in [7, 11) is 3.98. The van der Waals surface area contributed by atoms with Gasteiger partial charge in [-0.15, -0.1) is 0 Å². The number of rotatable bonds is 8. The smallest absolute Gasteiger partial charge is 0.287 e. The third-order valence-electron chi connectivity index (χ3n) is 4.02. The fourth-order valence-corrected chi connectivity index (χ4v) is 2.44. The van der Waals surface area contributed by atoms with E-state index in [-0.39, 0.29) is 29.4 Å². The summed E-state index contributed by atoms with van der Waals surface area (Å²) >= 11 is 0. The summed E-state index contributed by atoms with van der Waals surface area (Å²) in [6, 6.07) is 5.49. The average molecular weight is 345 g/mol. The van der Waals surface area contributed by atoms with E-state index >= 15 is 0 Å². The molecule has 2 aromatic rings. The van der Waals surface area contributed by atoms with Gasteiger partial charge in [0.1, 0.15) is 0 Å². The summed E-state index contributed by atoms with van der Waals surface area (Å²) < 4.78 is 1.66. The maximum atomic E-state index is 12.5. The van der Waals surface area contributed by atoms with E-state index in [0.29, 0.717) is 12.1 Å². The molecule has 0 radical (unpaired) electrons. The summed E-state index contributed by atoms with van der Waals surface area (Å²) in [6.45, 7) is 5.40. The number of hydrogen-bond donors (Lipinski definition) is 2. The molecule has 1 unspecified atom stereocenters. The fraction of sp³-hybridized carbons (Fsp3) is 0.500. The van der Waals surface area contributed by atoms with Gasteiger partial charge in [0.05, 0.1) is 5.52 Å². The molecule has 0 aliphatic heterocycles. The maximum absolute atomic E-state index is 12.5. The van der Waals surface area contributed by atoms with Crippen molar-refractivity contribution in [3.05, 3.63) is 35.9 Å². The largest absolute Gasteiger partial charge is 0.349 e. The molecule has 0 fully saturated rings. The van der Waals surface area contributed by atoms with E-state index in [2.05, 4.69) is 20.5 Å². The van der Waals surface area contributed by atoms with Gasteiger partial charge in [-0.05, 0) is 52.5 Å². The van der Waals surface area contributed by atoms with E-state index in [4.69, 9.17) is 0 Å². The molecule has 2 heterocycles. The fourth-order valence-electron chi connectivity index (χ4n) is 2.44. The number of fused-ring (bicyclic) bond motifs is 1. The zero-order valence-electron chi connectivity index (χ0n) is 15.4. The summed E-state index contributed by atoms with van der Waals surface area (Å²) in [5.41, 5.74) is 0.904. The Hall–Kier alpha value is -2.41. The predicted molar refractivity (Wildman–Crippen MR) is 97.9 cm³/mol. The van der Waals surface area contributed by atoms with Gasteiger partial charge < -0.3 is 15.5 Å². The van der Waals surface area contributed by atoms with Crippen molar-refractivity contribution in [3.8, 4) is 0 Å². The Morgan fingerprint density at radius 1 is 1.28 bits per heavy atom. The second kappa shape index (κ2) is 8.62. The quantitative estimate of drug-likeness (QED) is 0.712. The first kappa shape index (κ1) is 18.9. The molecule has 1 atom stereocenters. The zero-order chi connectivity index (χ0) is 18.4. The van der Waals surface area contributed by atoms with Crippen molar-refractivity contribution in [2.24, 2.45) is 0 Å². The van der Waals surface area contributed by atoms with Gasteiger partial charge in [-0.25, -0.2) is 4.98 Å². The lowest BCUT2D eigenvalue weighted by Crippen LogP contribution is -2.32. The molecule has 0 spiro atoms. The monoisotopic (exact) mass is 345 g/mol. The second-order valence-electron chi connectivity index (χ2n) is 6.44. The van der Waals surface area contributed by atoms with Gasteiger partial charge in [0.2, 0.25) is 5.82 Å². The molecule has 2 aromatic heterocycles. The molecule has 0 aliphatic carbocycles. The van der Waals surface area contributed by atoms with Gasteiger partial charge in [0, 0.05) is 18.8 Å². The minimum Gasteiger partial charge on any atom is -0.349 e. The zero-order valence-corrected chi connectivity index (χ0v) is 15.4.